The molecule has 1 saturated carbocycles. The summed E-state index contributed by atoms with van der Waals surface area (Å²) < 4.78 is 0. The lowest BCUT2D eigenvalue weighted by Gasteiger charge is -2.43. The molecule has 0 aromatic heterocycles. The van der Waals surface area contributed by atoms with Crippen molar-refractivity contribution in [3.63, 3.8) is 0 Å². The molecule has 1 aliphatic heterocycles. The van der Waals surface area contributed by atoms with Gasteiger partial charge in [-0.3, -0.25) is 28.9 Å². The number of hydrogen-bond donors (Lipinski definition) is 4. The second-order valence-corrected chi connectivity index (χ2v) is 13.9. The normalized spacial score (nSPS) is 21.2. The summed E-state index contributed by atoms with van der Waals surface area (Å²) in [5.41, 5.74) is 3.32. The van der Waals surface area contributed by atoms with Crippen LogP contribution in [-0.2, 0) is 19.2 Å². The molecule has 2 atom stereocenters. The van der Waals surface area contributed by atoms with Gasteiger partial charge in [-0.05, 0) is 81.3 Å². The molecule has 0 bridgehead atoms. The molecule has 2 aliphatic rings. The zero-order valence-electron chi connectivity index (χ0n) is 26.3. The Morgan fingerprint density at radius 1 is 1.02 bits per heavy atom. The van der Waals surface area contributed by atoms with Crippen molar-refractivity contribution in [1.29, 1.82) is 0 Å². The Balaban J connectivity index is 1.53. The Kier molecular flexibility index (Phi) is 9.51. The first-order valence-electron chi connectivity index (χ1n) is 15.2. The highest BCUT2D eigenvalue weighted by molar-refractivity contribution is 6.39. The minimum Gasteiger partial charge on any atom is -0.389 e. The fraction of sp³-hybridized carbons (Fsp3) is 0.545. The van der Waals surface area contributed by atoms with Crippen molar-refractivity contribution in [2.24, 2.45) is 11.1 Å². The first kappa shape index (κ1) is 33.1. The molecule has 2 aromatic carbocycles. The van der Waals surface area contributed by atoms with Crippen LogP contribution in [0.4, 0.5) is 0 Å². The van der Waals surface area contributed by atoms with Gasteiger partial charge in [-0.2, -0.15) is 0 Å². The van der Waals surface area contributed by atoms with Gasteiger partial charge in [-0.15, -0.1) is 0 Å². The Morgan fingerprint density at radius 3 is 2.27 bits per heavy atom. The second-order valence-electron chi connectivity index (χ2n) is 13.9. The topological polar surface area (TPSA) is 162 Å². The van der Waals surface area contributed by atoms with Crippen LogP contribution in [0.15, 0.2) is 42.5 Å². The lowest BCUT2D eigenvalue weighted by Crippen LogP contribution is -2.63. The molecule has 2 unspecified atom stereocenters. The number of fused-ring (bicyclic) bond motifs is 1. The van der Waals surface area contributed by atoms with Crippen LogP contribution in [-0.4, -0.2) is 94.2 Å². The number of ketones is 1. The largest absolute Gasteiger partial charge is 0.389 e. The number of primary amides is 1. The number of benzene rings is 2. The van der Waals surface area contributed by atoms with E-state index >= 15 is 0 Å². The number of nitrogens with one attached hydrogen (secondary N) is 2. The lowest BCUT2D eigenvalue weighted by molar-refractivity contribution is -0.145. The summed E-state index contributed by atoms with van der Waals surface area (Å²) in [6.07, 6.45) is 1.99. The van der Waals surface area contributed by atoms with Gasteiger partial charge in [0.2, 0.25) is 17.6 Å². The van der Waals surface area contributed by atoms with Crippen LogP contribution < -0.4 is 16.4 Å². The minimum atomic E-state index is -1.44. The smallest absolute Gasteiger partial charge is 0.287 e. The van der Waals surface area contributed by atoms with Gasteiger partial charge >= 0.3 is 0 Å². The van der Waals surface area contributed by atoms with Crippen LogP contribution in [0.2, 0.25) is 0 Å². The number of carbonyl (C=O) groups excluding carboxylic acids is 5. The van der Waals surface area contributed by atoms with Gasteiger partial charge in [0, 0.05) is 24.7 Å². The highest BCUT2D eigenvalue weighted by atomic mass is 16.3. The van der Waals surface area contributed by atoms with E-state index in [1.807, 2.05) is 42.3 Å². The van der Waals surface area contributed by atoms with E-state index in [1.54, 1.807) is 26.0 Å². The molecular formula is C33H45N5O6. The average Bonchev–Trinajstić information content (AvgIpc) is 3.42. The van der Waals surface area contributed by atoms with E-state index in [0.717, 1.165) is 10.8 Å². The standard InChI is InChI=1S/C33H45N5O6/c1-31(2)12-14-33(15-13-31,27(40)28(34)41)36-30(43)25-17-24(37(5)20-32(3,4)44)19-38(25)26(39)18-35-29(42)23-11-10-21-8-6-7-9-22(21)16-23/h6-11,16,24-25,44H,12-15,17-20H2,1-5H3,(H2,34,41)(H,35,42)(H,36,43). The zero-order chi connectivity index (χ0) is 32.4. The number of likely N-dealkylation sites (N-methyl/N-ethyl adjacent to an activating group) is 1. The number of nitrogens with zero attached hydrogens (tertiary/aromatic N) is 2. The molecule has 1 heterocycles. The fourth-order valence-corrected chi connectivity index (χ4v) is 6.40. The SMILES string of the molecule is CN(CC(C)(C)O)C1CC(C(=O)NC2(C(=O)C(N)=O)CCC(C)(C)CC2)N(C(=O)CNC(=O)c2ccc3ccccc3c2)C1. The van der Waals surface area contributed by atoms with Crippen LogP contribution in [0.25, 0.3) is 10.8 Å². The van der Waals surface area contributed by atoms with Crippen molar-refractivity contribution in [1.82, 2.24) is 20.4 Å². The molecule has 0 spiro atoms. The maximum absolute atomic E-state index is 13.9. The molecule has 2 fully saturated rings. The number of likely N-dealkylation sites (tertiary alicyclic amines) is 1. The summed E-state index contributed by atoms with van der Waals surface area (Å²) in [4.78, 5) is 68.9. The van der Waals surface area contributed by atoms with Gasteiger partial charge in [0.05, 0.1) is 12.1 Å². The third-order valence-corrected chi connectivity index (χ3v) is 9.05. The number of aliphatic hydroxyl groups is 1. The lowest BCUT2D eigenvalue weighted by atomic mass is 9.67. The summed E-state index contributed by atoms with van der Waals surface area (Å²) in [5, 5.41) is 17.8. The predicted octanol–water partition coefficient (Wildman–Crippen LogP) is 1.75. The van der Waals surface area contributed by atoms with Crippen molar-refractivity contribution < 1.29 is 29.1 Å². The molecule has 5 N–H and O–H groups in total. The summed E-state index contributed by atoms with van der Waals surface area (Å²) >= 11 is 0. The molecule has 44 heavy (non-hydrogen) atoms. The minimum absolute atomic E-state index is 0.0599. The van der Waals surface area contributed by atoms with Crippen molar-refractivity contribution in [3.05, 3.63) is 48.0 Å². The maximum atomic E-state index is 13.9. The molecule has 1 saturated heterocycles. The quantitative estimate of drug-likeness (QED) is 0.299. The fourth-order valence-electron chi connectivity index (χ4n) is 6.40. The molecule has 2 aromatic rings. The van der Waals surface area contributed by atoms with E-state index in [-0.39, 0.29) is 43.8 Å². The van der Waals surface area contributed by atoms with E-state index in [0.29, 0.717) is 24.9 Å². The predicted molar refractivity (Wildman–Crippen MR) is 166 cm³/mol. The summed E-state index contributed by atoms with van der Waals surface area (Å²) in [6.45, 7) is 7.64. The first-order chi connectivity index (χ1) is 20.5. The number of nitrogens with two attached hydrogens (primary N) is 1. The van der Waals surface area contributed by atoms with E-state index in [1.165, 1.54) is 4.90 Å². The summed E-state index contributed by atoms with van der Waals surface area (Å²) in [6, 6.07) is 11.7. The maximum Gasteiger partial charge on any atom is 0.287 e. The number of Topliss-reactive ketones (excluding diaryl/α,β-unsaturated/α-hetero) is 1. The van der Waals surface area contributed by atoms with Crippen molar-refractivity contribution in [2.75, 3.05) is 26.7 Å². The number of hydrogen-bond acceptors (Lipinski definition) is 7. The van der Waals surface area contributed by atoms with Gasteiger partial charge in [-0.25, -0.2) is 0 Å². The molecule has 11 nitrogen and oxygen atoms in total. The zero-order valence-corrected chi connectivity index (χ0v) is 26.3. The second kappa shape index (κ2) is 12.6. The van der Waals surface area contributed by atoms with E-state index in [9.17, 15) is 29.1 Å². The Labute approximate surface area is 258 Å². The van der Waals surface area contributed by atoms with Crippen LogP contribution in [0.3, 0.4) is 0 Å². The Bertz CT molecular complexity index is 1440. The van der Waals surface area contributed by atoms with E-state index < -0.39 is 46.6 Å². The summed E-state index contributed by atoms with van der Waals surface area (Å²) in [5.74, 6) is -3.37. The Morgan fingerprint density at radius 2 is 1.66 bits per heavy atom. The van der Waals surface area contributed by atoms with Gasteiger partial charge < -0.3 is 26.4 Å². The van der Waals surface area contributed by atoms with Crippen molar-refractivity contribution in [2.45, 2.75) is 83.0 Å². The molecule has 238 valence electrons. The highest BCUT2D eigenvalue weighted by Crippen LogP contribution is 2.41. The average molecular weight is 608 g/mol. The van der Waals surface area contributed by atoms with Crippen LogP contribution >= 0.6 is 0 Å². The third kappa shape index (κ3) is 7.62. The number of amides is 4. The van der Waals surface area contributed by atoms with Gasteiger partial charge in [0.25, 0.3) is 11.8 Å². The van der Waals surface area contributed by atoms with E-state index in [4.69, 9.17) is 5.73 Å². The van der Waals surface area contributed by atoms with Crippen molar-refractivity contribution >= 4 is 40.2 Å². The molecule has 0 radical (unpaired) electrons. The van der Waals surface area contributed by atoms with E-state index in [2.05, 4.69) is 24.5 Å². The third-order valence-electron chi connectivity index (χ3n) is 9.05. The first-order valence-corrected chi connectivity index (χ1v) is 15.2. The summed E-state index contributed by atoms with van der Waals surface area (Å²) in [7, 11) is 1.81. The molecule has 4 amide bonds. The molecule has 1 aliphatic carbocycles. The van der Waals surface area contributed by atoms with Crippen LogP contribution in [0.5, 0.6) is 0 Å². The van der Waals surface area contributed by atoms with Crippen molar-refractivity contribution in [3.8, 4) is 0 Å². The van der Waals surface area contributed by atoms with Gasteiger partial charge in [-0.1, -0.05) is 44.2 Å². The Hall–Kier alpha value is -3.83. The molecule has 4 rings (SSSR count). The molecule has 11 heteroatoms. The molecular weight excluding hydrogens is 562 g/mol. The number of carbonyl (C=O) groups is 5. The van der Waals surface area contributed by atoms with Crippen LogP contribution in [0, 0.1) is 5.41 Å². The van der Waals surface area contributed by atoms with Gasteiger partial charge in [0.15, 0.2) is 0 Å². The monoisotopic (exact) mass is 607 g/mol. The highest BCUT2D eigenvalue weighted by Gasteiger charge is 2.50. The van der Waals surface area contributed by atoms with Crippen LogP contribution in [0.1, 0.15) is 70.2 Å². The number of rotatable bonds is 10. The van der Waals surface area contributed by atoms with Gasteiger partial charge in [0.1, 0.15) is 11.6 Å².